The van der Waals surface area contributed by atoms with Gasteiger partial charge in [-0.25, -0.2) is 0 Å². The summed E-state index contributed by atoms with van der Waals surface area (Å²) in [5, 5.41) is 10.9. The van der Waals surface area contributed by atoms with Crippen molar-refractivity contribution in [1.29, 1.82) is 5.41 Å². The molecule has 0 spiro atoms. The maximum absolute atomic E-state index is 7.87. The van der Waals surface area contributed by atoms with Crippen LogP contribution in [0.2, 0.25) is 0 Å². The second-order valence-corrected chi connectivity index (χ2v) is 4.88. The molecule has 0 radical (unpaired) electrons. The third kappa shape index (κ3) is 4.17. The molecule has 18 heavy (non-hydrogen) atoms. The summed E-state index contributed by atoms with van der Waals surface area (Å²) in [6, 6.07) is 0. The summed E-state index contributed by atoms with van der Waals surface area (Å²) < 4.78 is 0. The van der Waals surface area contributed by atoms with Crippen molar-refractivity contribution in [2.45, 2.75) is 46.0 Å². The summed E-state index contributed by atoms with van der Waals surface area (Å²) >= 11 is 0. The Morgan fingerprint density at radius 1 is 1.28 bits per heavy atom. The zero-order valence-corrected chi connectivity index (χ0v) is 11.9. The molecule has 0 aromatic carbocycles. The normalized spacial score (nSPS) is 18.9. The average Bonchev–Trinajstić information content (AvgIpc) is 2.38. The summed E-state index contributed by atoms with van der Waals surface area (Å²) in [6.45, 7) is 4.50. The molecule has 2 N–H and O–H groups in total. The van der Waals surface area contributed by atoms with Crippen LogP contribution in [0.4, 0.5) is 0 Å². The summed E-state index contributed by atoms with van der Waals surface area (Å²) in [5.74, 6) is 0.640. The molecule has 0 aromatic rings. The predicted octanol–water partition coefficient (Wildman–Crippen LogP) is 4.21. The van der Waals surface area contributed by atoms with Crippen molar-refractivity contribution in [1.82, 2.24) is 5.32 Å². The van der Waals surface area contributed by atoms with E-state index in [9.17, 15) is 0 Å². The van der Waals surface area contributed by atoms with E-state index in [2.05, 4.69) is 31.3 Å². The van der Waals surface area contributed by atoms with Gasteiger partial charge in [0.25, 0.3) is 0 Å². The summed E-state index contributed by atoms with van der Waals surface area (Å²) in [5.41, 5.74) is 2.96. The Kier molecular flexibility index (Phi) is 6.48. The topological polar surface area (TPSA) is 35.9 Å². The molecule has 0 saturated heterocycles. The highest BCUT2D eigenvalue weighted by Gasteiger charge is 2.14. The molecular formula is C16H26N2. The first kappa shape index (κ1) is 14.7. The Morgan fingerprint density at radius 3 is 2.67 bits per heavy atom. The van der Waals surface area contributed by atoms with Gasteiger partial charge < -0.3 is 10.7 Å². The van der Waals surface area contributed by atoms with Crippen molar-refractivity contribution in [3.8, 4) is 0 Å². The standard InChI is InChI=1S/C16H26N2/c1-4-6-7-8-13(5-2)14-9-10-16(17)15(11-14)12-18-3/h9-13,17-18H,4-8H2,1-3H3/b15-12-,17-16?. The van der Waals surface area contributed by atoms with E-state index in [1.54, 1.807) is 0 Å². The van der Waals surface area contributed by atoms with Crippen molar-refractivity contribution in [2.75, 3.05) is 7.05 Å². The third-order valence-corrected chi connectivity index (χ3v) is 3.50. The van der Waals surface area contributed by atoms with Gasteiger partial charge in [-0.2, -0.15) is 0 Å². The van der Waals surface area contributed by atoms with Gasteiger partial charge in [0.2, 0.25) is 0 Å². The van der Waals surface area contributed by atoms with Gasteiger partial charge in [-0.1, -0.05) is 39.2 Å². The molecule has 1 atom stereocenters. The van der Waals surface area contributed by atoms with Crippen LogP contribution >= 0.6 is 0 Å². The third-order valence-electron chi connectivity index (χ3n) is 3.50. The number of rotatable bonds is 7. The Labute approximate surface area is 111 Å². The minimum atomic E-state index is 0.594. The molecule has 2 nitrogen and oxygen atoms in total. The van der Waals surface area contributed by atoms with Crippen LogP contribution in [-0.4, -0.2) is 12.8 Å². The van der Waals surface area contributed by atoms with Crippen molar-refractivity contribution >= 4 is 5.71 Å². The minimum Gasteiger partial charge on any atom is -0.393 e. The van der Waals surface area contributed by atoms with Crippen LogP contribution in [0.15, 0.2) is 35.6 Å². The van der Waals surface area contributed by atoms with Crippen LogP contribution < -0.4 is 5.32 Å². The van der Waals surface area contributed by atoms with Crippen molar-refractivity contribution < 1.29 is 0 Å². The molecule has 1 aliphatic rings. The largest absolute Gasteiger partial charge is 0.393 e. The smallest absolute Gasteiger partial charge is 0.0626 e. The first-order chi connectivity index (χ1) is 8.72. The molecule has 0 aromatic heterocycles. The van der Waals surface area contributed by atoms with E-state index in [0.29, 0.717) is 11.6 Å². The highest BCUT2D eigenvalue weighted by atomic mass is 14.8. The van der Waals surface area contributed by atoms with E-state index in [1.165, 1.54) is 37.7 Å². The molecule has 0 heterocycles. The van der Waals surface area contributed by atoms with Crippen LogP contribution in [-0.2, 0) is 0 Å². The Morgan fingerprint density at radius 2 is 2.06 bits per heavy atom. The monoisotopic (exact) mass is 246 g/mol. The second-order valence-electron chi connectivity index (χ2n) is 4.88. The molecule has 0 aliphatic heterocycles. The van der Waals surface area contributed by atoms with Gasteiger partial charge in [0, 0.05) is 18.8 Å². The zero-order valence-electron chi connectivity index (χ0n) is 11.9. The molecule has 1 rings (SSSR count). The molecule has 2 heteroatoms. The van der Waals surface area contributed by atoms with Crippen LogP contribution in [0.5, 0.6) is 0 Å². The first-order valence-electron chi connectivity index (χ1n) is 7.08. The van der Waals surface area contributed by atoms with Gasteiger partial charge >= 0.3 is 0 Å². The Bertz CT molecular complexity index is 361. The van der Waals surface area contributed by atoms with E-state index >= 15 is 0 Å². The lowest BCUT2D eigenvalue weighted by atomic mass is 9.86. The molecule has 0 saturated carbocycles. The SMILES string of the molecule is CCCCCC(CC)C1=C/C(=C/NC)C(=N)C=C1. The molecule has 0 bridgehead atoms. The lowest BCUT2D eigenvalue weighted by Crippen LogP contribution is -2.10. The van der Waals surface area contributed by atoms with Gasteiger partial charge in [0.1, 0.15) is 0 Å². The van der Waals surface area contributed by atoms with Gasteiger partial charge in [-0.15, -0.1) is 0 Å². The lowest BCUT2D eigenvalue weighted by Gasteiger charge is -2.19. The molecule has 100 valence electrons. The maximum atomic E-state index is 7.87. The molecule has 1 unspecified atom stereocenters. The first-order valence-corrected chi connectivity index (χ1v) is 7.08. The van der Waals surface area contributed by atoms with Crippen LogP contribution in [0, 0.1) is 11.3 Å². The van der Waals surface area contributed by atoms with E-state index in [0.717, 1.165) is 5.57 Å². The van der Waals surface area contributed by atoms with Gasteiger partial charge in [-0.05, 0) is 36.5 Å². The highest BCUT2D eigenvalue weighted by Crippen LogP contribution is 2.27. The van der Waals surface area contributed by atoms with Crippen LogP contribution in [0.3, 0.4) is 0 Å². The van der Waals surface area contributed by atoms with Crippen LogP contribution in [0.25, 0.3) is 0 Å². The molecular weight excluding hydrogens is 220 g/mol. The zero-order chi connectivity index (χ0) is 13.4. The van der Waals surface area contributed by atoms with Crippen molar-refractivity contribution in [2.24, 2.45) is 5.92 Å². The van der Waals surface area contributed by atoms with Gasteiger partial charge in [0.05, 0.1) is 5.71 Å². The highest BCUT2D eigenvalue weighted by molar-refractivity contribution is 6.09. The summed E-state index contributed by atoms with van der Waals surface area (Å²) in [7, 11) is 1.88. The molecule has 0 amide bonds. The fraction of sp³-hybridized carbons (Fsp3) is 0.562. The maximum Gasteiger partial charge on any atom is 0.0626 e. The number of hydrogen-bond donors (Lipinski definition) is 2. The second kappa shape index (κ2) is 7.91. The van der Waals surface area contributed by atoms with Gasteiger partial charge in [0.15, 0.2) is 0 Å². The van der Waals surface area contributed by atoms with Gasteiger partial charge in [-0.3, -0.25) is 0 Å². The van der Waals surface area contributed by atoms with Crippen molar-refractivity contribution in [3.05, 3.63) is 35.6 Å². The summed E-state index contributed by atoms with van der Waals surface area (Å²) in [4.78, 5) is 0. The fourth-order valence-electron chi connectivity index (χ4n) is 2.36. The number of hydrogen-bond acceptors (Lipinski definition) is 2. The fourth-order valence-corrected chi connectivity index (χ4v) is 2.36. The number of allylic oxidation sites excluding steroid dienone is 5. The van der Waals surface area contributed by atoms with Crippen LogP contribution in [0.1, 0.15) is 46.0 Å². The van der Waals surface area contributed by atoms with E-state index in [4.69, 9.17) is 5.41 Å². The van der Waals surface area contributed by atoms with E-state index in [1.807, 2.05) is 19.3 Å². The quantitative estimate of drug-likeness (QED) is 0.648. The average molecular weight is 246 g/mol. The Hall–Kier alpha value is -1.31. The van der Waals surface area contributed by atoms with E-state index in [-0.39, 0.29) is 0 Å². The number of nitrogens with one attached hydrogen (secondary N) is 2. The summed E-state index contributed by atoms with van der Waals surface area (Å²) in [6.07, 6.45) is 14.5. The number of unbranched alkanes of at least 4 members (excludes halogenated alkanes) is 2. The minimum absolute atomic E-state index is 0.594. The molecule has 1 aliphatic carbocycles. The Balaban J connectivity index is 2.73. The lowest BCUT2D eigenvalue weighted by molar-refractivity contribution is 0.511. The predicted molar refractivity (Wildman–Crippen MR) is 80.0 cm³/mol. The van der Waals surface area contributed by atoms with Crippen molar-refractivity contribution in [3.63, 3.8) is 0 Å². The van der Waals surface area contributed by atoms with E-state index < -0.39 is 0 Å². The molecule has 0 fully saturated rings.